The highest BCUT2D eigenvalue weighted by atomic mass is 15.4. The van der Waals surface area contributed by atoms with Gasteiger partial charge >= 0.3 is 0 Å². The van der Waals surface area contributed by atoms with Gasteiger partial charge in [0.05, 0.1) is 5.52 Å². The Kier molecular flexibility index (Phi) is 2.61. The Morgan fingerprint density at radius 2 is 1.86 bits per heavy atom. The third-order valence-corrected chi connectivity index (χ3v) is 4.60. The van der Waals surface area contributed by atoms with E-state index in [9.17, 15) is 0 Å². The number of hydrogen-bond acceptors (Lipinski definition) is 5. The van der Waals surface area contributed by atoms with Crippen molar-refractivity contribution in [2.24, 2.45) is 0 Å². The summed E-state index contributed by atoms with van der Waals surface area (Å²) in [5.74, 6) is 2.64. The summed E-state index contributed by atoms with van der Waals surface area (Å²) < 4.78 is 2.20. The van der Waals surface area contributed by atoms with Crippen LogP contribution in [0.15, 0.2) is 24.3 Å². The maximum atomic E-state index is 4.95. The van der Waals surface area contributed by atoms with Crippen LogP contribution in [0.3, 0.4) is 0 Å². The van der Waals surface area contributed by atoms with E-state index in [-0.39, 0.29) is 0 Å². The van der Waals surface area contributed by atoms with Crippen LogP contribution in [0.4, 0.5) is 5.95 Å². The zero-order valence-electron chi connectivity index (χ0n) is 12.4. The molecule has 0 amide bonds. The molecule has 1 saturated heterocycles. The molecule has 0 unspecified atom stereocenters. The van der Waals surface area contributed by atoms with Crippen LogP contribution in [0, 0.1) is 0 Å². The van der Waals surface area contributed by atoms with E-state index < -0.39 is 0 Å². The van der Waals surface area contributed by atoms with Crippen LogP contribution in [0.5, 0.6) is 0 Å². The van der Waals surface area contributed by atoms with Gasteiger partial charge in [-0.2, -0.15) is 0 Å². The lowest BCUT2D eigenvalue weighted by atomic mass is 10.2. The Bertz CT molecular complexity index is 844. The molecule has 2 aliphatic rings. The van der Waals surface area contributed by atoms with Crippen LogP contribution in [-0.4, -0.2) is 45.8 Å². The fraction of sp³-hybridized carbons (Fsp3) is 0.438. The highest BCUT2D eigenvalue weighted by Gasteiger charge is 2.31. The number of hydrogen-bond donors (Lipinski definition) is 1. The second-order valence-corrected chi connectivity index (χ2v) is 6.16. The van der Waals surface area contributed by atoms with Crippen molar-refractivity contribution in [3.63, 3.8) is 0 Å². The summed E-state index contributed by atoms with van der Waals surface area (Å²) >= 11 is 0. The molecule has 3 heterocycles. The van der Waals surface area contributed by atoms with Gasteiger partial charge in [-0.3, -0.25) is 0 Å². The van der Waals surface area contributed by atoms with Gasteiger partial charge in [0.15, 0.2) is 5.65 Å². The number of nitrogens with zero attached hydrogens (tertiary/aromatic N) is 5. The van der Waals surface area contributed by atoms with E-state index in [1.807, 2.05) is 12.1 Å². The minimum absolute atomic E-state index is 0.555. The third kappa shape index (κ3) is 1.80. The molecule has 6 nitrogen and oxygen atoms in total. The van der Waals surface area contributed by atoms with Gasteiger partial charge in [0.2, 0.25) is 5.95 Å². The lowest BCUT2D eigenvalue weighted by molar-refractivity contribution is 0.577. The molecule has 0 radical (unpaired) electrons. The molecule has 1 aliphatic heterocycles. The predicted molar refractivity (Wildman–Crippen MR) is 85.3 cm³/mol. The minimum atomic E-state index is 0.555. The summed E-state index contributed by atoms with van der Waals surface area (Å²) in [5, 5.41) is 13.5. The molecule has 0 atom stereocenters. The standard InChI is InChI=1S/C16H18N6/c1-2-4-13-12(3-1)15-20-19-14(11-5-6-11)22(15)16(18-13)21-9-7-17-8-10-21/h1-4,11,17H,5-10H2. The number of para-hydroxylation sites is 1. The molecule has 6 heteroatoms. The van der Waals surface area contributed by atoms with Crippen LogP contribution in [0.25, 0.3) is 16.6 Å². The minimum Gasteiger partial charge on any atom is -0.339 e. The van der Waals surface area contributed by atoms with Crippen LogP contribution in [0.1, 0.15) is 24.6 Å². The SMILES string of the molecule is c1ccc2c(c1)nc(N1CCNCC1)n1c(C3CC3)nnc21. The smallest absolute Gasteiger partial charge is 0.213 e. The Morgan fingerprint density at radius 1 is 1.05 bits per heavy atom. The molecule has 2 fully saturated rings. The molecule has 1 aromatic carbocycles. The Hall–Kier alpha value is -2.21. The van der Waals surface area contributed by atoms with Crippen molar-refractivity contribution in [2.45, 2.75) is 18.8 Å². The Morgan fingerprint density at radius 3 is 2.68 bits per heavy atom. The number of anilines is 1. The monoisotopic (exact) mass is 294 g/mol. The van der Waals surface area contributed by atoms with Crippen molar-refractivity contribution in [3.8, 4) is 0 Å². The predicted octanol–water partition coefficient (Wildman–Crippen LogP) is 1.56. The van der Waals surface area contributed by atoms with Gasteiger partial charge in [0, 0.05) is 37.5 Å². The maximum Gasteiger partial charge on any atom is 0.213 e. The van der Waals surface area contributed by atoms with Gasteiger partial charge in [-0.1, -0.05) is 12.1 Å². The van der Waals surface area contributed by atoms with Crippen molar-refractivity contribution in [1.29, 1.82) is 0 Å². The van der Waals surface area contributed by atoms with Crippen molar-refractivity contribution >= 4 is 22.5 Å². The van der Waals surface area contributed by atoms with E-state index in [2.05, 4.69) is 36.9 Å². The summed E-state index contributed by atoms with van der Waals surface area (Å²) in [7, 11) is 0. The van der Waals surface area contributed by atoms with Crippen molar-refractivity contribution in [2.75, 3.05) is 31.1 Å². The molecule has 1 saturated carbocycles. The van der Waals surface area contributed by atoms with Crippen LogP contribution >= 0.6 is 0 Å². The van der Waals surface area contributed by atoms with Gasteiger partial charge < -0.3 is 10.2 Å². The second-order valence-electron chi connectivity index (χ2n) is 6.16. The number of fused-ring (bicyclic) bond motifs is 3. The summed E-state index contributed by atoms with van der Waals surface area (Å²) in [5.41, 5.74) is 1.94. The maximum absolute atomic E-state index is 4.95. The first-order valence-corrected chi connectivity index (χ1v) is 8.01. The first-order valence-electron chi connectivity index (χ1n) is 8.01. The molecule has 2 aromatic heterocycles. The van der Waals surface area contributed by atoms with Crippen molar-refractivity contribution in [3.05, 3.63) is 30.1 Å². The number of rotatable bonds is 2. The quantitative estimate of drug-likeness (QED) is 0.777. The summed E-state index contributed by atoms with van der Waals surface area (Å²) in [6, 6.07) is 8.22. The van der Waals surface area contributed by atoms with Crippen LogP contribution in [0.2, 0.25) is 0 Å². The van der Waals surface area contributed by atoms with Gasteiger partial charge in [-0.25, -0.2) is 9.38 Å². The summed E-state index contributed by atoms with van der Waals surface area (Å²) in [4.78, 5) is 7.30. The van der Waals surface area contributed by atoms with Crippen molar-refractivity contribution < 1.29 is 0 Å². The van der Waals surface area contributed by atoms with Gasteiger partial charge in [0.25, 0.3) is 0 Å². The van der Waals surface area contributed by atoms with Crippen molar-refractivity contribution in [1.82, 2.24) is 24.9 Å². The zero-order valence-corrected chi connectivity index (χ0v) is 12.4. The molecule has 1 N–H and O–H groups in total. The molecule has 5 rings (SSSR count). The van der Waals surface area contributed by atoms with E-state index in [1.54, 1.807) is 0 Å². The van der Waals surface area contributed by atoms with Crippen LogP contribution < -0.4 is 10.2 Å². The molecule has 112 valence electrons. The number of piperazine rings is 1. The van der Waals surface area contributed by atoms with E-state index in [4.69, 9.17) is 4.98 Å². The normalized spacial score (nSPS) is 19.2. The zero-order chi connectivity index (χ0) is 14.5. The average Bonchev–Trinajstić information content (AvgIpc) is 3.33. The highest BCUT2D eigenvalue weighted by Crippen LogP contribution is 2.40. The lowest BCUT2D eigenvalue weighted by Crippen LogP contribution is -2.44. The van der Waals surface area contributed by atoms with E-state index >= 15 is 0 Å². The average molecular weight is 294 g/mol. The fourth-order valence-electron chi connectivity index (χ4n) is 3.27. The third-order valence-electron chi connectivity index (χ3n) is 4.60. The lowest BCUT2D eigenvalue weighted by Gasteiger charge is -2.29. The van der Waals surface area contributed by atoms with Gasteiger partial charge in [-0.15, -0.1) is 10.2 Å². The Labute approximate surface area is 128 Å². The molecule has 0 bridgehead atoms. The number of aromatic nitrogens is 4. The van der Waals surface area contributed by atoms with E-state index in [0.29, 0.717) is 5.92 Å². The highest BCUT2D eigenvalue weighted by molar-refractivity contribution is 5.92. The molecular weight excluding hydrogens is 276 g/mol. The first kappa shape index (κ1) is 12.3. The molecule has 22 heavy (non-hydrogen) atoms. The Balaban J connectivity index is 1.81. The summed E-state index contributed by atoms with van der Waals surface area (Å²) in [6.07, 6.45) is 2.43. The second kappa shape index (κ2) is 4.64. The largest absolute Gasteiger partial charge is 0.339 e. The molecule has 3 aromatic rings. The molecule has 1 aliphatic carbocycles. The van der Waals surface area contributed by atoms with Gasteiger partial charge in [0.1, 0.15) is 5.82 Å². The number of benzene rings is 1. The topological polar surface area (TPSA) is 58.4 Å². The van der Waals surface area contributed by atoms with Crippen LogP contribution in [-0.2, 0) is 0 Å². The van der Waals surface area contributed by atoms with Gasteiger partial charge in [-0.05, 0) is 25.0 Å². The number of nitrogens with one attached hydrogen (secondary N) is 1. The van der Waals surface area contributed by atoms with E-state index in [0.717, 1.165) is 54.5 Å². The van der Waals surface area contributed by atoms with E-state index in [1.165, 1.54) is 12.8 Å². The summed E-state index contributed by atoms with van der Waals surface area (Å²) in [6.45, 7) is 3.94. The fourth-order valence-corrected chi connectivity index (χ4v) is 3.27. The molecule has 0 spiro atoms. The molecular formula is C16H18N6. The first-order chi connectivity index (χ1) is 10.9.